The van der Waals surface area contributed by atoms with Gasteiger partial charge in [-0.1, -0.05) is 29.8 Å². The van der Waals surface area contributed by atoms with Crippen LogP contribution < -0.4 is 11.1 Å². The first-order chi connectivity index (χ1) is 12.0. The third-order valence-electron chi connectivity index (χ3n) is 3.48. The van der Waals surface area contributed by atoms with Gasteiger partial charge in [-0.25, -0.2) is 0 Å². The molecule has 8 nitrogen and oxygen atoms in total. The number of aryl methyl sites for hydroxylation is 1. The zero-order valence-electron chi connectivity index (χ0n) is 13.5. The van der Waals surface area contributed by atoms with Crippen LogP contribution in [0.5, 0.6) is 0 Å². The molecular weight excluding hydrogens is 320 g/mol. The van der Waals surface area contributed by atoms with Crippen molar-refractivity contribution >= 4 is 17.5 Å². The Kier molecular flexibility index (Phi) is 4.51. The van der Waals surface area contributed by atoms with Crippen LogP contribution in [0.4, 0.5) is 5.69 Å². The fourth-order valence-corrected chi connectivity index (χ4v) is 2.24. The van der Waals surface area contributed by atoms with E-state index in [1.165, 1.54) is 0 Å². The molecule has 0 fully saturated rings. The summed E-state index contributed by atoms with van der Waals surface area (Å²) >= 11 is 0. The van der Waals surface area contributed by atoms with Gasteiger partial charge in [-0.2, -0.15) is 4.80 Å². The molecule has 0 saturated carbocycles. The monoisotopic (exact) mass is 336 g/mol. The molecule has 8 heteroatoms. The molecule has 3 rings (SSSR count). The first-order valence-electron chi connectivity index (χ1n) is 7.56. The van der Waals surface area contributed by atoms with E-state index in [1.54, 1.807) is 36.4 Å². The molecule has 2 amide bonds. The number of nitrogens with zero attached hydrogens (tertiary/aromatic N) is 4. The minimum atomic E-state index is -0.565. The summed E-state index contributed by atoms with van der Waals surface area (Å²) in [5.74, 6) is -0.511. The molecule has 0 aliphatic carbocycles. The van der Waals surface area contributed by atoms with E-state index >= 15 is 0 Å². The van der Waals surface area contributed by atoms with Crippen LogP contribution in [0.15, 0.2) is 48.5 Å². The van der Waals surface area contributed by atoms with E-state index in [-0.39, 0.29) is 12.5 Å². The van der Waals surface area contributed by atoms with Gasteiger partial charge in [0.25, 0.3) is 5.91 Å². The van der Waals surface area contributed by atoms with Crippen LogP contribution >= 0.6 is 0 Å². The van der Waals surface area contributed by atoms with Crippen LogP contribution in [0.1, 0.15) is 15.9 Å². The molecule has 25 heavy (non-hydrogen) atoms. The maximum absolute atomic E-state index is 12.4. The Bertz CT molecular complexity index is 917. The molecule has 0 aliphatic rings. The summed E-state index contributed by atoms with van der Waals surface area (Å²) < 4.78 is 0. The highest BCUT2D eigenvalue weighted by molar-refractivity contribution is 6.06. The minimum Gasteiger partial charge on any atom is -0.368 e. The van der Waals surface area contributed by atoms with Crippen LogP contribution in [0, 0.1) is 6.92 Å². The number of hydrogen-bond donors (Lipinski definition) is 2. The van der Waals surface area contributed by atoms with Gasteiger partial charge in [-0.05, 0) is 36.4 Å². The number of anilines is 1. The predicted octanol–water partition coefficient (Wildman–Crippen LogP) is 1.39. The molecular formula is C17H16N6O2. The lowest BCUT2D eigenvalue weighted by atomic mass is 10.1. The lowest BCUT2D eigenvalue weighted by molar-refractivity contribution is -0.118. The summed E-state index contributed by atoms with van der Waals surface area (Å²) in [6.07, 6.45) is 0. The topological polar surface area (TPSA) is 116 Å². The van der Waals surface area contributed by atoms with Crippen LogP contribution in [0.2, 0.25) is 0 Å². The largest absolute Gasteiger partial charge is 0.368 e. The molecule has 1 aromatic heterocycles. The summed E-state index contributed by atoms with van der Waals surface area (Å²) in [5, 5.41) is 14.7. The zero-order valence-corrected chi connectivity index (χ0v) is 13.5. The van der Waals surface area contributed by atoms with Gasteiger partial charge >= 0.3 is 0 Å². The van der Waals surface area contributed by atoms with Crippen molar-refractivity contribution < 1.29 is 9.59 Å². The molecule has 0 aliphatic heterocycles. The first kappa shape index (κ1) is 16.3. The second-order valence-corrected chi connectivity index (χ2v) is 5.48. The number of tetrazole rings is 1. The molecule has 0 unspecified atom stereocenters. The second-order valence-electron chi connectivity index (χ2n) is 5.48. The van der Waals surface area contributed by atoms with Crippen LogP contribution in [-0.2, 0) is 11.3 Å². The maximum Gasteiger partial charge on any atom is 0.255 e. The van der Waals surface area contributed by atoms with Gasteiger partial charge < -0.3 is 11.1 Å². The Morgan fingerprint density at radius 1 is 1.12 bits per heavy atom. The van der Waals surface area contributed by atoms with E-state index < -0.39 is 5.91 Å². The number of para-hydroxylation sites is 1. The van der Waals surface area contributed by atoms with Crippen molar-refractivity contribution in [3.63, 3.8) is 0 Å². The Morgan fingerprint density at radius 3 is 2.56 bits per heavy atom. The molecule has 2 aromatic carbocycles. The van der Waals surface area contributed by atoms with E-state index in [0.717, 1.165) is 10.4 Å². The smallest absolute Gasteiger partial charge is 0.255 e. The summed E-state index contributed by atoms with van der Waals surface area (Å²) in [6, 6.07) is 14.4. The van der Waals surface area contributed by atoms with E-state index in [9.17, 15) is 9.59 Å². The Labute approximate surface area is 143 Å². The van der Waals surface area contributed by atoms with Gasteiger partial charge in [-0.15, -0.1) is 10.2 Å². The number of benzene rings is 2. The predicted molar refractivity (Wildman–Crippen MR) is 91.6 cm³/mol. The van der Waals surface area contributed by atoms with E-state index in [1.807, 2.05) is 19.1 Å². The highest BCUT2D eigenvalue weighted by Crippen LogP contribution is 2.24. The third-order valence-corrected chi connectivity index (χ3v) is 3.48. The average Bonchev–Trinajstić information content (AvgIpc) is 3.03. The van der Waals surface area contributed by atoms with Crippen molar-refractivity contribution in [2.45, 2.75) is 13.5 Å². The number of carbonyl (C=O) groups is 2. The minimum absolute atomic E-state index is 0.162. The van der Waals surface area contributed by atoms with Crippen LogP contribution in [-0.4, -0.2) is 32.0 Å². The fraction of sp³-hybridized carbons (Fsp3) is 0.118. The Balaban J connectivity index is 1.86. The standard InChI is InChI=1S/C17H16N6O2/c1-11-6-8-12(9-7-11)17(25)19-14-5-3-2-4-13(14)16-20-22-23(21-16)10-15(18)24/h2-9H,10H2,1H3,(H2,18,24)(H,19,25). The molecule has 0 atom stereocenters. The van der Waals surface area contributed by atoms with Crippen LogP contribution in [0.3, 0.4) is 0 Å². The number of hydrogen-bond acceptors (Lipinski definition) is 5. The van der Waals surface area contributed by atoms with Crippen molar-refractivity contribution in [3.8, 4) is 11.4 Å². The van der Waals surface area contributed by atoms with Crippen molar-refractivity contribution in [2.75, 3.05) is 5.32 Å². The number of aromatic nitrogens is 4. The number of amides is 2. The average molecular weight is 336 g/mol. The molecule has 3 aromatic rings. The first-order valence-corrected chi connectivity index (χ1v) is 7.56. The normalized spacial score (nSPS) is 10.4. The third kappa shape index (κ3) is 3.86. The second kappa shape index (κ2) is 6.91. The molecule has 0 radical (unpaired) electrons. The van der Waals surface area contributed by atoms with Crippen molar-refractivity contribution in [3.05, 3.63) is 59.7 Å². The maximum atomic E-state index is 12.4. The Hall–Kier alpha value is -3.55. The lowest BCUT2D eigenvalue weighted by Crippen LogP contribution is -2.20. The number of nitrogens with two attached hydrogens (primary N) is 1. The number of rotatable bonds is 5. The van der Waals surface area contributed by atoms with Crippen molar-refractivity contribution in [2.24, 2.45) is 5.73 Å². The van der Waals surface area contributed by atoms with Gasteiger partial charge in [0.15, 0.2) is 0 Å². The quantitative estimate of drug-likeness (QED) is 0.730. The number of primary amides is 1. The van der Waals surface area contributed by atoms with Crippen LogP contribution in [0.25, 0.3) is 11.4 Å². The number of carbonyl (C=O) groups excluding carboxylic acids is 2. The summed E-state index contributed by atoms with van der Waals surface area (Å²) in [7, 11) is 0. The van der Waals surface area contributed by atoms with Gasteiger partial charge in [0.2, 0.25) is 11.7 Å². The summed E-state index contributed by atoms with van der Waals surface area (Å²) in [6.45, 7) is 1.79. The molecule has 3 N–H and O–H groups in total. The van der Waals surface area contributed by atoms with E-state index in [0.29, 0.717) is 22.6 Å². The molecule has 0 saturated heterocycles. The van der Waals surface area contributed by atoms with Crippen molar-refractivity contribution in [1.29, 1.82) is 0 Å². The van der Waals surface area contributed by atoms with Gasteiger partial charge in [0.1, 0.15) is 6.54 Å². The SMILES string of the molecule is Cc1ccc(C(=O)Nc2ccccc2-c2nnn(CC(N)=O)n2)cc1. The van der Waals surface area contributed by atoms with E-state index in [4.69, 9.17) is 5.73 Å². The fourth-order valence-electron chi connectivity index (χ4n) is 2.24. The molecule has 1 heterocycles. The van der Waals surface area contributed by atoms with E-state index in [2.05, 4.69) is 20.7 Å². The lowest BCUT2D eigenvalue weighted by Gasteiger charge is -2.09. The number of nitrogens with one attached hydrogen (secondary N) is 1. The van der Waals surface area contributed by atoms with Crippen molar-refractivity contribution in [1.82, 2.24) is 20.2 Å². The molecule has 0 bridgehead atoms. The Morgan fingerprint density at radius 2 is 1.84 bits per heavy atom. The van der Waals surface area contributed by atoms with Gasteiger partial charge in [0.05, 0.1) is 5.69 Å². The highest BCUT2D eigenvalue weighted by atomic mass is 16.2. The summed E-state index contributed by atoms with van der Waals surface area (Å²) in [4.78, 5) is 24.5. The van der Waals surface area contributed by atoms with Gasteiger partial charge in [-0.3, -0.25) is 9.59 Å². The summed E-state index contributed by atoms with van der Waals surface area (Å²) in [5.41, 5.74) is 7.89. The van der Waals surface area contributed by atoms with Gasteiger partial charge in [0, 0.05) is 11.1 Å². The molecule has 126 valence electrons. The highest BCUT2D eigenvalue weighted by Gasteiger charge is 2.14. The zero-order chi connectivity index (χ0) is 17.8. The molecule has 0 spiro atoms.